The van der Waals surface area contributed by atoms with Gasteiger partial charge in [-0.05, 0) is 19.3 Å². The van der Waals surface area contributed by atoms with Gasteiger partial charge in [-0.15, -0.1) is 0 Å². The van der Waals surface area contributed by atoms with Crippen LogP contribution in [0.25, 0.3) is 0 Å². The second kappa shape index (κ2) is 7.60. The van der Waals surface area contributed by atoms with E-state index in [1.165, 1.54) is 6.92 Å². The monoisotopic (exact) mass is 183 g/mol. The number of nitriles is 1. The molecule has 0 aliphatic heterocycles. The van der Waals surface area contributed by atoms with Crippen molar-refractivity contribution in [1.82, 2.24) is 0 Å². The molecule has 74 valence electrons. The van der Waals surface area contributed by atoms with Crippen molar-refractivity contribution in [3.05, 3.63) is 0 Å². The maximum atomic E-state index is 10.7. The van der Waals surface area contributed by atoms with Crippen LogP contribution in [0.4, 0.5) is 0 Å². The first-order chi connectivity index (χ1) is 6.20. The van der Waals surface area contributed by atoms with Crippen molar-refractivity contribution in [3.8, 4) is 6.07 Å². The van der Waals surface area contributed by atoms with Crippen LogP contribution in [0.3, 0.4) is 0 Å². The summed E-state index contributed by atoms with van der Waals surface area (Å²) in [5, 5.41) is 8.33. The fourth-order valence-corrected chi connectivity index (χ4v) is 1.23. The fraction of sp³-hybridized carbons (Fsp3) is 0.800. The van der Waals surface area contributed by atoms with Gasteiger partial charge in [0, 0.05) is 13.3 Å². The highest BCUT2D eigenvalue weighted by atomic mass is 16.5. The van der Waals surface area contributed by atoms with E-state index in [4.69, 9.17) is 10.00 Å². The minimum Gasteiger partial charge on any atom is -0.463 e. The number of nitrogens with zero attached hydrogens (tertiary/aromatic N) is 1. The highest BCUT2D eigenvalue weighted by Crippen LogP contribution is 2.10. The molecule has 0 saturated carbocycles. The third-order valence-electron chi connectivity index (χ3n) is 1.76. The predicted octanol–water partition coefficient (Wildman–Crippen LogP) is 2.41. The van der Waals surface area contributed by atoms with E-state index in [1.807, 2.05) is 0 Å². The summed E-state index contributed by atoms with van der Waals surface area (Å²) in [7, 11) is 0. The predicted molar refractivity (Wildman–Crippen MR) is 49.9 cm³/mol. The van der Waals surface area contributed by atoms with E-state index in [0.29, 0.717) is 6.42 Å². The Hall–Kier alpha value is -1.04. The van der Waals surface area contributed by atoms with Crippen LogP contribution in [0, 0.1) is 11.3 Å². The van der Waals surface area contributed by atoms with Gasteiger partial charge in [0.15, 0.2) is 0 Å². The van der Waals surface area contributed by atoms with Crippen molar-refractivity contribution in [3.63, 3.8) is 0 Å². The van der Waals surface area contributed by atoms with Crippen molar-refractivity contribution in [2.75, 3.05) is 0 Å². The number of unbranched alkanes of at least 4 members (excludes halogenated alkanes) is 1. The average molecular weight is 183 g/mol. The highest BCUT2D eigenvalue weighted by Gasteiger charge is 2.09. The molecule has 0 bridgehead atoms. The Bertz CT molecular complexity index is 184. The van der Waals surface area contributed by atoms with Crippen molar-refractivity contribution < 1.29 is 9.53 Å². The molecule has 0 heterocycles. The SMILES string of the molecule is CCCC(CCCC#N)OC(C)=O. The van der Waals surface area contributed by atoms with E-state index in [1.54, 1.807) is 0 Å². The van der Waals surface area contributed by atoms with Crippen molar-refractivity contribution in [2.24, 2.45) is 0 Å². The Morgan fingerprint density at radius 1 is 1.54 bits per heavy atom. The van der Waals surface area contributed by atoms with Gasteiger partial charge in [0.2, 0.25) is 0 Å². The number of carbonyl (C=O) groups excluding carboxylic acids is 1. The Balaban J connectivity index is 3.67. The lowest BCUT2D eigenvalue weighted by atomic mass is 10.1. The molecule has 0 rings (SSSR count). The van der Waals surface area contributed by atoms with Crippen LogP contribution in [-0.4, -0.2) is 12.1 Å². The van der Waals surface area contributed by atoms with Gasteiger partial charge in [-0.25, -0.2) is 0 Å². The maximum Gasteiger partial charge on any atom is 0.302 e. The summed E-state index contributed by atoms with van der Waals surface area (Å²) in [4.78, 5) is 10.7. The summed E-state index contributed by atoms with van der Waals surface area (Å²) in [6.45, 7) is 3.48. The second-order valence-electron chi connectivity index (χ2n) is 3.07. The maximum absolute atomic E-state index is 10.7. The number of hydrogen-bond acceptors (Lipinski definition) is 3. The number of hydrogen-bond donors (Lipinski definition) is 0. The first-order valence-electron chi connectivity index (χ1n) is 4.74. The summed E-state index contributed by atoms with van der Waals surface area (Å²) < 4.78 is 5.09. The zero-order valence-electron chi connectivity index (χ0n) is 8.38. The lowest BCUT2D eigenvalue weighted by molar-refractivity contribution is -0.147. The molecule has 0 aromatic carbocycles. The fourth-order valence-electron chi connectivity index (χ4n) is 1.23. The molecule has 3 nitrogen and oxygen atoms in total. The van der Waals surface area contributed by atoms with Gasteiger partial charge in [-0.3, -0.25) is 4.79 Å². The third kappa shape index (κ3) is 7.32. The normalized spacial score (nSPS) is 11.8. The van der Waals surface area contributed by atoms with Crippen LogP contribution in [0.2, 0.25) is 0 Å². The topological polar surface area (TPSA) is 50.1 Å². The standard InChI is InChI=1S/C10H17NO2/c1-3-6-10(13-9(2)12)7-4-5-8-11/h10H,3-7H2,1-2H3. The van der Waals surface area contributed by atoms with Gasteiger partial charge >= 0.3 is 5.97 Å². The van der Waals surface area contributed by atoms with Crippen LogP contribution in [0.1, 0.15) is 46.0 Å². The van der Waals surface area contributed by atoms with E-state index < -0.39 is 0 Å². The molecule has 3 heteroatoms. The number of rotatable bonds is 6. The van der Waals surface area contributed by atoms with E-state index >= 15 is 0 Å². The van der Waals surface area contributed by atoms with E-state index in [0.717, 1.165) is 25.7 Å². The minimum absolute atomic E-state index is 0.0100. The Labute approximate surface area is 79.7 Å². The van der Waals surface area contributed by atoms with Crippen LogP contribution in [-0.2, 0) is 9.53 Å². The number of ether oxygens (including phenoxy) is 1. The van der Waals surface area contributed by atoms with Crippen LogP contribution >= 0.6 is 0 Å². The molecule has 1 atom stereocenters. The first-order valence-corrected chi connectivity index (χ1v) is 4.74. The number of esters is 1. The second-order valence-corrected chi connectivity index (χ2v) is 3.07. The summed E-state index contributed by atoms with van der Waals surface area (Å²) in [5.74, 6) is -0.226. The van der Waals surface area contributed by atoms with Gasteiger partial charge in [-0.2, -0.15) is 5.26 Å². The largest absolute Gasteiger partial charge is 0.463 e. The van der Waals surface area contributed by atoms with Gasteiger partial charge < -0.3 is 4.74 Å². The number of carbonyl (C=O) groups is 1. The van der Waals surface area contributed by atoms with Gasteiger partial charge in [0.05, 0.1) is 6.07 Å². The van der Waals surface area contributed by atoms with Crippen LogP contribution < -0.4 is 0 Å². The molecule has 0 fully saturated rings. The van der Waals surface area contributed by atoms with Crippen molar-refractivity contribution >= 4 is 5.97 Å². The molecule has 0 radical (unpaired) electrons. The molecule has 0 N–H and O–H groups in total. The van der Waals surface area contributed by atoms with E-state index in [-0.39, 0.29) is 12.1 Å². The quantitative estimate of drug-likeness (QED) is 0.469. The lowest BCUT2D eigenvalue weighted by Crippen LogP contribution is -2.15. The van der Waals surface area contributed by atoms with Gasteiger partial charge in [0.1, 0.15) is 6.10 Å². The molecule has 0 spiro atoms. The Morgan fingerprint density at radius 2 is 2.23 bits per heavy atom. The Morgan fingerprint density at radius 3 is 2.69 bits per heavy atom. The average Bonchev–Trinajstić information content (AvgIpc) is 2.04. The molecular formula is C10H17NO2. The van der Waals surface area contributed by atoms with E-state index in [9.17, 15) is 4.79 Å². The summed E-state index contributed by atoms with van der Waals surface area (Å²) in [6, 6.07) is 2.08. The van der Waals surface area contributed by atoms with Crippen LogP contribution in [0.5, 0.6) is 0 Å². The molecule has 0 saturated heterocycles. The molecule has 0 aromatic rings. The van der Waals surface area contributed by atoms with E-state index in [2.05, 4.69) is 13.0 Å². The third-order valence-corrected chi connectivity index (χ3v) is 1.76. The zero-order valence-corrected chi connectivity index (χ0v) is 8.38. The summed E-state index contributed by atoms with van der Waals surface area (Å²) >= 11 is 0. The van der Waals surface area contributed by atoms with Crippen molar-refractivity contribution in [2.45, 2.75) is 52.1 Å². The molecule has 0 amide bonds. The van der Waals surface area contributed by atoms with Gasteiger partial charge in [-0.1, -0.05) is 13.3 Å². The molecular weight excluding hydrogens is 166 g/mol. The van der Waals surface area contributed by atoms with Crippen molar-refractivity contribution in [1.29, 1.82) is 5.26 Å². The molecule has 0 aliphatic rings. The summed E-state index contributed by atoms with van der Waals surface area (Å²) in [5.41, 5.74) is 0. The minimum atomic E-state index is -0.226. The molecule has 13 heavy (non-hydrogen) atoms. The highest BCUT2D eigenvalue weighted by molar-refractivity contribution is 5.66. The first kappa shape index (κ1) is 12.0. The summed E-state index contributed by atoms with van der Waals surface area (Å²) in [6.07, 6.45) is 4.07. The van der Waals surface area contributed by atoms with Gasteiger partial charge in [0.25, 0.3) is 0 Å². The molecule has 0 aliphatic carbocycles. The molecule has 1 unspecified atom stereocenters. The molecule has 0 aromatic heterocycles. The lowest BCUT2D eigenvalue weighted by Gasteiger charge is -2.14. The smallest absolute Gasteiger partial charge is 0.302 e. The van der Waals surface area contributed by atoms with Crippen LogP contribution in [0.15, 0.2) is 0 Å². The Kier molecular flexibility index (Phi) is 6.99. The zero-order chi connectivity index (χ0) is 10.1.